The quantitative estimate of drug-likeness (QED) is 0.722. The fourth-order valence-corrected chi connectivity index (χ4v) is 1.90. The summed E-state index contributed by atoms with van der Waals surface area (Å²) in [4.78, 5) is 14.0. The Bertz CT molecular complexity index is 833. The number of benzene rings is 1. The summed E-state index contributed by atoms with van der Waals surface area (Å²) in [6, 6.07) is 6.49. The third kappa shape index (κ3) is 4.03. The topological polar surface area (TPSA) is 34.4 Å². The smallest absolute Gasteiger partial charge is 0.301 e. The number of aryl methyl sites for hydroxylation is 1. The maximum Gasteiger partial charge on any atom is 0.473 e. The summed E-state index contributed by atoms with van der Waals surface area (Å²) in [7, 11) is 0. The Morgan fingerprint density at radius 1 is 1.04 bits per heavy atom. The first kappa shape index (κ1) is 17.8. The molecule has 0 saturated carbocycles. The third-order valence-corrected chi connectivity index (χ3v) is 2.99. The fourth-order valence-electron chi connectivity index (χ4n) is 1.90. The number of hydrogen-bond acceptors (Lipinski definition) is 1. The summed E-state index contributed by atoms with van der Waals surface area (Å²) < 4.78 is 76.5. The van der Waals surface area contributed by atoms with E-state index in [-0.39, 0.29) is 5.69 Å². The monoisotopic (exact) mass is 348 g/mol. The number of carbonyl (C=O) groups is 1. The zero-order valence-corrected chi connectivity index (χ0v) is 12.1. The van der Waals surface area contributed by atoms with Crippen molar-refractivity contribution in [3.8, 4) is 5.69 Å². The van der Waals surface area contributed by atoms with Gasteiger partial charge in [0.25, 0.3) is 0 Å². The van der Waals surface area contributed by atoms with Crippen LogP contribution in [0.15, 0.2) is 47.6 Å². The highest BCUT2D eigenvalue weighted by Gasteiger charge is 2.38. The molecule has 2 rings (SSSR count). The lowest BCUT2D eigenvalue weighted by Gasteiger charge is -2.12. The molecule has 0 fully saturated rings. The number of amides is 1. The van der Waals surface area contributed by atoms with Crippen LogP contribution in [0, 0.1) is 6.92 Å². The summed E-state index contributed by atoms with van der Waals surface area (Å²) in [5.41, 5.74) is -0.905. The Morgan fingerprint density at radius 3 is 2.29 bits per heavy atom. The SMILES string of the molecule is Cc1ccc(=NC(=O)C(F)(F)F)n(-c2cccc(C(F)(F)F)c2)c1. The average Bonchev–Trinajstić information content (AvgIpc) is 2.47. The molecule has 1 amide bonds. The number of nitrogens with zero attached hydrogens (tertiary/aromatic N) is 2. The van der Waals surface area contributed by atoms with Gasteiger partial charge in [0.2, 0.25) is 0 Å². The highest BCUT2D eigenvalue weighted by atomic mass is 19.4. The normalized spacial score (nSPS) is 13.2. The van der Waals surface area contributed by atoms with Gasteiger partial charge in [0.1, 0.15) is 5.49 Å². The van der Waals surface area contributed by atoms with Gasteiger partial charge in [-0.3, -0.25) is 4.79 Å². The van der Waals surface area contributed by atoms with Gasteiger partial charge in [-0.2, -0.15) is 31.3 Å². The highest BCUT2D eigenvalue weighted by Crippen LogP contribution is 2.30. The molecule has 0 radical (unpaired) electrons. The van der Waals surface area contributed by atoms with E-state index in [1.54, 1.807) is 6.92 Å². The van der Waals surface area contributed by atoms with Crippen LogP contribution in [0.5, 0.6) is 0 Å². The second kappa shape index (κ2) is 6.14. The summed E-state index contributed by atoms with van der Waals surface area (Å²) in [5.74, 6) is -2.34. The predicted octanol–water partition coefficient (Wildman–Crippen LogP) is 3.79. The molecule has 128 valence electrons. The van der Waals surface area contributed by atoms with E-state index >= 15 is 0 Å². The molecule has 9 heteroatoms. The van der Waals surface area contributed by atoms with Crippen molar-refractivity contribution in [2.24, 2.45) is 4.99 Å². The van der Waals surface area contributed by atoms with Crippen LogP contribution in [0.25, 0.3) is 5.69 Å². The molecular formula is C15H10F6N2O. The summed E-state index contributed by atoms with van der Waals surface area (Å²) in [5, 5.41) is 0. The lowest BCUT2D eigenvalue weighted by Crippen LogP contribution is -2.27. The van der Waals surface area contributed by atoms with Crippen LogP contribution in [0.3, 0.4) is 0 Å². The molecule has 0 atom stereocenters. The van der Waals surface area contributed by atoms with Gasteiger partial charge in [-0.05, 0) is 36.8 Å². The van der Waals surface area contributed by atoms with Crippen LogP contribution in [-0.4, -0.2) is 16.7 Å². The van der Waals surface area contributed by atoms with Crippen molar-refractivity contribution in [1.82, 2.24) is 4.57 Å². The number of pyridine rings is 1. The van der Waals surface area contributed by atoms with E-state index in [4.69, 9.17) is 0 Å². The molecule has 1 aromatic heterocycles. The molecule has 0 saturated heterocycles. The molecule has 0 aliphatic carbocycles. The van der Waals surface area contributed by atoms with Crippen molar-refractivity contribution in [3.63, 3.8) is 0 Å². The van der Waals surface area contributed by atoms with Gasteiger partial charge in [0.15, 0.2) is 0 Å². The van der Waals surface area contributed by atoms with Gasteiger partial charge in [-0.25, -0.2) is 0 Å². The number of halogens is 6. The summed E-state index contributed by atoms with van der Waals surface area (Å²) in [6.07, 6.45) is -8.49. The lowest BCUT2D eigenvalue weighted by molar-refractivity contribution is -0.169. The Morgan fingerprint density at radius 2 is 1.71 bits per heavy atom. The van der Waals surface area contributed by atoms with Crippen LogP contribution < -0.4 is 5.49 Å². The number of aromatic nitrogens is 1. The van der Waals surface area contributed by atoms with E-state index in [1.165, 1.54) is 18.3 Å². The standard InChI is InChI=1S/C15H10F6N2O/c1-9-5-6-12(22-13(24)15(19,20)21)23(8-9)11-4-2-3-10(7-11)14(16,17)18/h2-8H,1H3. The van der Waals surface area contributed by atoms with Crippen LogP contribution >= 0.6 is 0 Å². The molecular weight excluding hydrogens is 338 g/mol. The number of rotatable bonds is 1. The molecule has 1 heterocycles. The first-order chi connectivity index (χ1) is 11.0. The maximum absolute atomic E-state index is 12.8. The summed E-state index contributed by atoms with van der Waals surface area (Å²) in [6.45, 7) is 1.60. The minimum atomic E-state index is -5.17. The Hall–Kier alpha value is -2.58. The first-order valence-electron chi connectivity index (χ1n) is 6.51. The van der Waals surface area contributed by atoms with Crippen molar-refractivity contribution in [2.75, 3.05) is 0 Å². The number of carbonyl (C=O) groups excluding carboxylic acids is 1. The van der Waals surface area contributed by atoms with Gasteiger partial charge < -0.3 is 4.57 Å². The Balaban J connectivity index is 2.65. The van der Waals surface area contributed by atoms with E-state index in [1.807, 2.05) is 0 Å². The largest absolute Gasteiger partial charge is 0.473 e. The predicted molar refractivity (Wildman–Crippen MR) is 72.1 cm³/mol. The lowest BCUT2D eigenvalue weighted by atomic mass is 10.2. The molecule has 0 aliphatic rings. The second-order valence-corrected chi connectivity index (χ2v) is 4.90. The van der Waals surface area contributed by atoms with Gasteiger partial charge in [-0.1, -0.05) is 12.1 Å². The van der Waals surface area contributed by atoms with Gasteiger partial charge in [-0.15, -0.1) is 0 Å². The molecule has 0 spiro atoms. The second-order valence-electron chi connectivity index (χ2n) is 4.90. The van der Waals surface area contributed by atoms with Crippen molar-refractivity contribution in [3.05, 3.63) is 59.2 Å². The van der Waals surface area contributed by atoms with Crippen molar-refractivity contribution in [2.45, 2.75) is 19.3 Å². The Labute approximate surface area is 131 Å². The minimum Gasteiger partial charge on any atom is -0.301 e. The third-order valence-electron chi connectivity index (χ3n) is 2.99. The molecule has 0 aliphatic heterocycles. The van der Waals surface area contributed by atoms with E-state index in [0.717, 1.165) is 28.8 Å². The van der Waals surface area contributed by atoms with Crippen molar-refractivity contribution < 1.29 is 31.1 Å². The zero-order chi connectivity index (χ0) is 18.1. The Kier molecular flexibility index (Phi) is 4.54. The molecule has 24 heavy (non-hydrogen) atoms. The molecule has 0 unspecified atom stereocenters. The van der Waals surface area contributed by atoms with Gasteiger partial charge in [0.05, 0.1) is 5.56 Å². The van der Waals surface area contributed by atoms with Gasteiger partial charge in [0, 0.05) is 11.9 Å². The van der Waals surface area contributed by atoms with Crippen LogP contribution in [0.4, 0.5) is 26.3 Å². The minimum absolute atomic E-state index is 0.0674. The van der Waals surface area contributed by atoms with Crippen LogP contribution in [-0.2, 0) is 11.0 Å². The van der Waals surface area contributed by atoms with E-state index < -0.39 is 29.3 Å². The average molecular weight is 348 g/mol. The molecule has 0 N–H and O–H groups in total. The van der Waals surface area contributed by atoms with Crippen LogP contribution in [0.1, 0.15) is 11.1 Å². The van der Waals surface area contributed by atoms with Gasteiger partial charge >= 0.3 is 18.3 Å². The first-order valence-corrected chi connectivity index (χ1v) is 6.51. The zero-order valence-electron chi connectivity index (χ0n) is 12.1. The van der Waals surface area contributed by atoms with Crippen molar-refractivity contribution in [1.29, 1.82) is 0 Å². The van der Waals surface area contributed by atoms with Crippen molar-refractivity contribution >= 4 is 5.91 Å². The number of alkyl halides is 6. The molecule has 0 bridgehead atoms. The molecule has 3 nitrogen and oxygen atoms in total. The molecule has 2 aromatic rings. The maximum atomic E-state index is 12.8. The van der Waals surface area contributed by atoms with E-state index in [0.29, 0.717) is 5.56 Å². The highest BCUT2D eigenvalue weighted by molar-refractivity contribution is 5.82. The number of hydrogen-bond donors (Lipinski definition) is 0. The van der Waals surface area contributed by atoms with E-state index in [9.17, 15) is 31.1 Å². The fraction of sp³-hybridized carbons (Fsp3) is 0.200. The van der Waals surface area contributed by atoms with E-state index in [2.05, 4.69) is 4.99 Å². The molecule has 1 aromatic carbocycles. The summed E-state index contributed by atoms with van der Waals surface area (Å²) >= 11 is 0. The van der Waals surface area contributed by atoms with Crippen LogP contribution in [0.2, 0.25) is 0 Å².